The molecule has 8 heteroatoms. The number of aromatic nitrogens is 1. The van der Waals surface area contributed by atoms with E-state index in [4.69, 9.17) is 0 Å². The smallest absolute Gasteiger partial charge is 0.346 e. The van der Waals surface area contributed by atoms with Gasteiger partial charge in [-0.2, -0.15) is 8.78 Å². The zero-order chi connectivity index (χ0) is 16.9. The van der Waals surface area contributed by atoms with Crippen molar-refractivity contribution in [2.75, 3.05) is 5.32 Å². The molecule has 23 heavy (non-hydrogen) atoms. The fraction of sp³-hybridized carbons (Fsp3) is 0.133. The van der Waals surface area contributed by atoms with Crippen LogP contribution in [0.4, 0.5) is 14.5 Å². The zero-order valence-electron chi connectivity index (χ0n) is 11.7. The third-order valence-corrected chi connectivity index (χ3v) is 3.02. The van der Waals surface area contributed by atoms with E-state index >= 15 is 0 Å². The van der Waals surface area contributed by atoms with Crippen LogP contribution in [0.25, 0.3) is 0 Å². The average Bonchev–Trinajstić information content (AvgIpc) is 2.53. The lowest BCUT2D eigenvalue weighted by atomic mass is 10.1. The molecule has 0 aliphatic rings. The minimum atomic E-state index is -3.94. The minimum Gasteiger partial charge on any atom is -0.346 e. The van der Waals surface area contributed by atoms with Crippen molar-refractivity contribution in [1.82, 2.24) is 10.3 Å². The molecule has 0 aliphatic heterocycles. The molecule has 1 aromatic carbocycles. The maximum Gasteiger partial charge on any atom is 0.399 e. The third kappa shape index (κ3) is 5.00. The molecule has 5 nitrogen and oxygen atoms in total. The maximum atomic E-state index is 12.5. The Bertz CT molecular complexity index is 688. The number of anilines is 1. The first-order valence-corrected chi connectivity index (χ1v) is 6.89. The van der Waals surface area contributed by atoms with Crippen LogP contribution in [-0.4, -0.2) is 22.2 Å². The lowest BCUT2D eigenvalue weighted by Gasteiger charge is -2.09. The first-order valence-electron chi connectivity index (χ1n) is 6.51. The van der Waals surface area contributed by atoms with Gasteiger partial charge >= 0.3 is 11.3 Å². The Morgan fingerprint density at radius 2 is 1.87 bits per heavy atom. The molecule has 0 unspecified atom stereocenters. The van der Waals surface area contributed by atoms with E-state index in [1.165, 1.54) is 18.3 Å². The Hall–Kier alpha value is -2.54. The lowest BCUT2D eigenvalue weighted by molar-refractivity contribution is -0.135. The van der Waals surface area contributed by atoms with Crippen LogP contribution >= 0.6 is 11.6 Å². The summed E-state index contributed by atoms with van der Waals surface area (Å²) in [4.78, 5) is 26.8. The number of halogens is 3. The first kappa shape index (κ1) is 16.8. The summed E-state index contributed by atoms with van der Waals surface area (Å²) in [6, 6.07) is 9.52. The number of carbonyl (C=O) groups is 2. The third-order valence-electron chi connectivity index (χ3n) is 2.85. The van der Waals surface area contributed by atoms with Gasteiger partial charge in [0.1, 0.15) is 0 Å². The molecule has 0 radical (unpaired) electrons. The molecule has 1 aromatic heterocycles. The first-order chi connectivity index (χ1) is 10.9. The SMILES string of the molecule is O=C(Nc1cccnc1)c1ccc(CNC(=O)C(F)(F)Cl)cc1. The fourth-order valence-corrected chi connectivity index (χ4v) is 1.76. The molecule has 0 spiro atoms. The normalized spacial score (nSPS) is 10.9. The molecule has 2 N–H and O–H groups in total. The van der Waals surface area contributed by atoms with Gasteiger partial charge in [0.25, 0.3) is 5.91 Å². The predicted molar refractivity (Wildman–Crippen MR) is 81.3 cm³/mol. The Morgan fingerprint density at radius 3 is 2.43 bits per heavy atom. The highest BCUT2D eigenvalue weighted by atomic mass is 35.5. The van der Waals surface area contributed by atoms with Gasteiger partial charge in [-0.05, 0) is 41.4 Å². The molecule has 2 rings (SSSR count). The summed E-state index contributed by atoms with van der Waals surface area (Å²) < 4.78 is 25.0. The van der Waals surface area contributed by atoms with Crippen LogP contribution in [0.1, 0.15) is 15.9 Å². The summed E-state index contributed by atoms with van der Waals surface area (Å²) in [7, 11) is 0. The second kappa shape index (κ2) is 7.15. The molecular formula is C15H12ClF2N3O2. The Balaban J connectivity index is 1.94. The van der Waals surface area contributed by atoms with E-state index in [1.54, 1.807) is 30.5 Å². The van der Waals surface area contributed by atoms with Crippen LogP contribution in [0.5, 0.6) is 0 Å². The van der Waals surface area contributed by atoms with Gasteiger partial charge in [-0.1, -0.05) is 12.1 Å². The van der Waals surface area contributed by atoms with Crippen molar-refractivity contribution < 1.29 is 18.4 Å². The number of pyridine rings is 1. The molecule has 0 atom stereocenters. The van der Waals surface area contributed by atoms with E-state index in [-0.39, 0.29) is 12.5 Å². The van der Waals surface area contributed by atoms with Gasteiger partial charge in [0.2, 0.25) is 0 Å². The quantitative estimate of drug-likeness (QED) is 0.823. The molecule has 0 aliphatic carbocycles. The van der Waals surface area contributed by atoms with Gasteiger partial charge in [-0.15, -0.1) is 0 Å². The van der Waals surface area contributed by atoms with Crippen LogP contribution in [0.2, 0.25) is 0 Å². The van der Waals surface area contributed by atoms with Gasteiger partial charge in [-0.3, -0.25) is 14.6 Å². The summed E-state index contributed by atoms with van der Waals surface area (Å²) in [5.74, 6) is -1.90. The van der Waals surface area contributed by atoms with E-state index in [9.17, 15) is 18.4 Å². The highest BCUT2D eigenvalue weighted by Gasteiger charge is 2.35. The topological polar surface area (TPSA) is 71.1 Å². The van der Waals surface area contributed by atoms with Crippen molar-refractivity contribution in [2.45, 2.75) is 11.9 Å². The Labute approximate surface area is 135 Å². The van der Waals surface area contributed by atoms with Gasteiger partial charge in [0.15, 0.2) is 0 Å². The molecular weight excluding hydrogens is 328 g/mol. The average molecular weight is 340 g/mol. The fourth-order valence-electron chi connectivity index (χ4n) is 1.70. The molecule has 120 valence electrons. The number of nitrogens with zero attached hydrogens (tertiary/aromatic N) is 1. The van der Waals surface area contributed by atoms with Crippen molar-refractivity contribution in [2.24, 2.45) is 0 Å². The zero-order valence-corrected chi connectivity index (χ0v) is 12.5. The van der Waals surface area contributed by atoms with Crippen molar-refractivity contribution in [1.29, 1.82) is 0 Å². The number of carbonyl (C=O) groups excluding carboxylic acids is 2. The van der Waals surface area contributed by atoms with Gasteiger partial charge in [0.05, 0.1) is 11.9 Å². The highest BCUT2D eigenvalue weighted by molar-refractivity contribution is 6.32. The summed E-state index contributed by atoms with van der Waals surface area (Å²) in [5.41, 5.74) is 1.49. The largest absolute Gasteiger partial charge is 0.399 e. The van der Waals surface area contributed by atoms with E-state index < -0.39 is 11.3 Å². The molecule has 2 amide bonds. The van der Waals surface area contributed by atoms with Crippen LogP contribution in [0.15, 0.2) is 48.8 Å². The van der Waals surface area contributed by atoms with Crippen LogP contribution in [-0.2, 0) is 11.3 Å². The van der Waals surface area contributed by atoms with Crippen LogP contribution < -0.4 is 10.6 Å². The van der Waals surface area contributed by atoms with Gasteiger partial charge in [0, 0.05) is 18.3 Å². The second-order valence-corrected chi connectivity index (χ2v) is 5.05. The highest BCUT2D eigenvalue weighted by Crippen LogP contribution is 2.18. The Morgan fingerprint density at radius 1 is 1.17 bits per heavy atom. The van der Waals surface area contributed by atoms with Crippen molar-refractivity contribution in [3.63, 3.8) is 0 Å². The summed E-state index contributed by atoms with van der Waals surface area (Å²) >= 11 is 4.59. The van der Waals surface area contributed by atoms with Crippen molar-refractivity contribution >= 4 is 29.1 Å². The van der Waals surface area contributed by atoms with E-state index in [1.807, 2.05) is 5.32 Å². The van der Waals surface area contributed by atoms with Gasteiger partial charge < -0.3 is 10.6 Å². The predicted octanol–water partition coefficient (Wildman–Crippen LogP) is 2.78. The molecule has 0 bridgehead atoms. The van der Waals surface area contributed by atoms with E-state index in [0.717, 1.165) is 0 Å². The molecule has 1 heterocycles. The lowest BCUT2D eigenvalue weighted by Crippen LogP contribution is -2.35. The summed E-state index contributed by atoms with van der Waals surface area (Å²) in [6.45, 7) is -0.119. The van der Waals surface area contributed by atoms with Crippen molar-refractivity contribution in [3.8, 4) is 0 Å². The molecule has 0 saturated heterocycles. The molecule has 0 saturated carbocycles. The van der Waals surface area contributed by atoms with E-state index in [0.29, 0.717) is 16.8 Å². The number of rotatable bonds is 5. The molecule has 0 fully saturated rings. The van der Waals surface area contributed by atoms with Crippen LogP contribution in [0.3, 0.4) is 0 Å². The number of hydrogen-bond donors (Lipinski definition) is 2. The number of alkyl halides is 3. The number of nitrogens with one attached hydrogen (secondary N) is 2. The number of amides is 2. The minimum absolute atomic E-state index is 0.119. The number of hydrogen-bond acceptors (Lipinski definition) is 3. The standard InChI is InChI=1S/C15H12ClF2N3O2/c16-15(17,18)14(23)20-8-10-3-5-11(6-4-10)13(22)21-12-2-1-7-19-9-12/h1-7,9H,8H2,(H,20,23)(H,21,22). The van der Waals surface area contributed by atoms with Crippen molar-refractivity contribution in [3.05, 3.63) is 59.9 Å². The Kier molecular flexibility index (Phi) is 5.23. The maximum absolute atomic E-state index is 12.5. The van der Waals surface area contributed by atoms with E-state index in [2.05, 4.69) is 21.9 Å². The number of benzene rings is 1. The summed E-state index contributed by atoms with van der Waals surface area (Å²) in [6.07, 6.45) is 3.09. The monoisotopic (exact) mass is 339 g/mol. The molecule has 2 aromatic rings. The summed E-state index contributed by atoms with van der Waals surface area (Å²) in [5, 5.41) is 0.717. The van der Waals surface area contributed by atoms with Crippen LogP contribution in [0, 0.1) is 0 Å². The van der Waals surface area contributed by atoms with Gasteiger partial charge in [-0.25, -0.2) is 0 Å². The second-order valence-electron chi connectivity index (χ2n) is 4.57.